The Morgan fingerprint density at radius 3 is 2.94 bits per heavy atom. The lowest BCUT2D eigenvalue weighted by Gasteiger charge is -2.24. The Bertz CT molecular complexity index is 491. The average Bonchev–Trinajstić information content (AvgIpc) is 2.42. The normalized spacial score (nSPS) is 14.0. The Kier molecular flexibility index (Phi) is 3.86. The molecule has 1 heterocycles. The first-order valence-electron chi connectivity index (χ1n) is 5.59. The molecule has 0 aliphatic carbocycles. The number of benzene rings is 1. The lowest BCUT2D eigenvalue weighted by molar-refractivity contribution is 0.0972. The minimum atomic E-state index is -0.182. The standard InChI is InChI=1S/C13H14N4O/c1-2-8-17-10-14-9-15-13(17)16-12(18)11-6-4-3-5-7-11/h2-7,9H,1,8,10H2,(H,14,15,16,18). The molecule has 1 N–H and O–H groups in total. The minimum absolute atomic E-state index is 0.182. The average molecular weight is 242 g/mol. The third-order valence-electron chi connectivity index (χ3n) is 2.42. The molecule has 0 aromatic heterocycles. The molecule has 0 fully saturated rings. The lowest BCUT2D eigenvalue weighted by atomic mass is 10.2. The zero-order valence-electron chi connectivity index (χ0n) is 9.91. The van der Waals surface area contributed by atoms with Crippen LogP contribution in [0, 0.1) is 0 Å². The highest BCUT2D eigenvalue weighted by atomic mass is 16.1. The number of aliphatic imine (C=N–C) groups is 2. The van der Waals surface area contributed by atoms with E-state index in [0.717, 1.165) is 0 Å². The first kappa shape index (κ1) is 12.0. The van der Waals surface area contributed by atoms with E-state index in [1.807, 2.05) is 23.1 Å². The second-order valence-corrected chi connectivity index (χ2v) is 3.72. The van der Waals surface area contributed by atoms with Gasteiger partial charge in [-0.3, -0.25) is 15.1 Å². The molecule has 18 heavy (non-hydrogen) atoms. The largest absolute Gasteiger partial charge is 0.319 e. The van der Waals surface area contributed by atoms with Crippen molar-refractivity contribution < 1.29 is 4.79 Å². The van der Waals surface area contributed by atoms with Crippen molar-refractivity contribution >= 4 is 18.2 Å². The highest BCUT2D eigenvalue weighted by molar-refractivity contribution is 6.07. The van der Waals surface area contributed by atoms with Gasteiger partial charge in [0.1, 0.15) is 13.0 Å². The number of carbonyl (C=O) groups is 1. The van der Waals surface area contributed by atoms with Crippen molar-refractivity contribution in [3.05, 3.63) is 48.6 Å². The van der Waals surface area contributed by atoms with Crippen molar-refractivity contribution in [1.29, 1.82) is 0 Å². The van der Waals surface area contributed by atoms with E-state index in [9.17, 15) is 4.79 Å². The molecule has 1 aliphatic rings. The van der Waals surface area contributed by atoms with Gasteiger partial charge in [-0.1, -0.05) is 24.3 Å². The molecule has 1 amide bonds. The van der Waals surface area contributed by atoms with Gasteiger partial charge in [0.15, 0.2) is 0 Å². The van der Waals surface area contributed by atoms with E-state index >= 15 is 0 Å². The van der Waals surface area contributed by atoms with Crippen LogP contribution < -0.4 is 5.32 Å². The Balaban J connectivity index is 2.08. The maximum absolute atomic E-state index is 12.0. The first-order chi connectivity index (χ1) is 8.81. The molecule has 0 radical (unpaired) electrons. The molecule has 0 unspecified atom stereocenters. The van der Waals surface area contributed by atoms with Crippen LogP contribution in [0.2, 0.25) is 0 Å². The number of carbonyl (C=O) groups excluding carboxylic acids is 1. The summed E-state index contributed by atoms with van der Waals surface area (Å²) in [6.45, 7) is 4.73. The summed E-state index contributed by atoms with van der Waals surface area (Å²) in [5.41, 5.74) is 0.598. The van der Waals surface area contributed by atoms with Crippen LogP contribution in [0.4, 0.5) is 0 Å². The van der Waals surface area contributed by atoms with Crippen LogP contribution in [0.3, 0.4) is 0 Å². The first-order valence-corrected chi connectivity index (χ1v) is 5.59. The number of amides is 1. The number of hydrogen-bond donors (Lipinski definition) is 1. The Morgan fingerprint density at radius 1 is 1.44 bits per heavy atom. The van der Waals surface area contributed by atoms with Gasteiger partial charge in [0.05, 0.1) is 0 Å². The fourth-order valence-corrected chi connectivity index (χ4v) is 1.55. The molecule has 0 spiro atoms. The lowest BCUT2D eigenvalue weighted by Crippen LogP contribution is -2.45. The summed E-state index contributed by atoms with van der Waals surface area (Å²) in [4.78, 5) is 21.9. The number of rotatable bonds is 3. The monoisotopic (exact) mass is 242 g/mol. The van der Waals surface area contributed by atoms with Crippen LogP contribution in [0.15, 0.2) is 53.0 Å². The maximum Gasteiger partial charge on any atom is 0.257 e. The Morgan fingerprint density at radius 2 is 2.22 bits per heavy atom. The van der Waals surface area contributed by atoms with Crippen molar-refractivity contribution in [2.45, 2.75) is 0 Å². The molecule has 5 nitrogen and oxygen atoms in total. The second kappa shape index (κ2) is 5.77. The maximum atomic E-state index is 12.0. The van der Waals surface area contributed by atoms with Crippen molar-refractivity contribution in [2.75, 3.05) is 13.2 Å². The van der Waals surface area contributed by atoms with Gasteiger partial charge in [-0.15, -0.1) is 6.58 Å². The van der Waals surface area contributed by atoms with Crippen LogP contribution in [-0.4, -0.2) is 36.3 Å². The zero-order chi connectivity index (χ0) is 12.8. The number of guanidine groups is 1. The third kappa shape index (κ3) is 2.82. The molecular weight excluding hydrogens is 228 g/mol. The molecule has 0 saturated heterocycles. The topological polar surface area (TPSA) is 57.1 Å². The van der Waals surface area contributed by atoms with E-state index in [0.29, 0.717) is 24.7 Å². The molecule has 0 bridgehead atoms. The molecule has 0 saturated carbocycles. The molecule has 1 aliphatic heterocycles. The van der Waals surface area contributed by atoms with Gasteiger partial charge in [0.2, 0.25) is 5.96 Å². The molecular formula is C13H14N4O. The fraction of sp³-hybridized carbons (Fsp3) is 0.154. The molecule has 2 rings (SSSR count). The third-order valence-corrected chi connectivity index (χ3v) is 2.42. The smallest absolute Gasteiger partial charge is 0.257 e. The summed E-state index contributed by atoms with van der Waals surface area (Å²) < 4.78 is 0. The quantitative estimate of drug-likeness (QED) is 0.811. The number of nitrogens with zero attached hydrogens (tertiary/aromatic N) is 3. The summed E-state index contributed by atoms with van der Waals surface area (Å²) >= 11 is 0. The van der Waals surface area contributed by atoms with Crippen molar-refractivity contribution in [2.24, 2.45) is 9.98 Å². The summed E-state index contributed by atoms with van der Waals surface area (Å²) in [5, 5.41) is 2.77. The van der Waals surface area contributed by atoms with Gasteiger partial charge in [-0.25, -0.2) is 4.99 Å². The van der Waals surface area contributed by atoms with Gasteiger partial charge in [-0.05, 0) is 12.1 Å². The van der Waals surface area contributed by atoms with Crippen LogP contribution in [0.1, 0.15) is 10.4 Å². The van der Waals surface area contributed by atoms with Crippen LogP contribution in [0.25, 0.3) is 0 Å². The number of nitrogens with one attached hydrogen (secondary N) is 1. The van der Waals surface area contributed by atoms with E-state index in [2.05, 4.69) is 21.9 Å². The van der Waals surface area contributed by atoms with E-state index in [-0.39, 0.29) is 5.91 Å². The van der Waals surface area contributed by atoms with E-state index in [4.69, 9.17) is 0 Å². The summed E-state index contributed by atoms with van der Waals surface area (Å²) in [6.07, 6.45) is 3.19. The van der Waals surface area contributed by atoms with Crippen molar-refractivity contribution in [1.82, 2.24) is 10.2 Å². The van der Waals surface area contributed by atoms with Crippen LogP contribution >= 0.6 is 0 Å². The molecule has 0 atom stereocenters. The van der Waals surface area contributed by atoms with Gasteiger partial charge in [0.25, 0.3) is 5.91 Å². The van der Waals surface area contributed by atoms with E-state index < -0.39 is 0 Å². The summed E-state index contributed by atoms with van der Waals surface area (Å²) in [7, 11) is 0. The van der Waals surface area contributed by atoms with Gasteiger partial charge >= 0.3 is 0 Å². The van der Waals surface area contributed by atoms with E-state index in [1.165, 1.54) is 6.34 Å². The SMILES string of the molecule is C=CCN1CN=CN=C1NC(=O)c1ccccc1. The van der Waals surface area contributed by atoms with Gasteiger partial charge in [-0.2, -0.15) is 0 Å². The second-order valence-electron chi connectivity index (χ2n) is 3.72. The van der Waals surface area contributed by atoms with Gasteiger partial charge in [0, 0.05) is 12.1 Å². The molecule has 5 heteroatoms. The van der Waals surface area contributed by atoms with Crippen molar-refractivity contribution in [3.63, 3.8) is 0 Å². The highest BCUT2D eigenvalue weighted by Crippen LogP contribution is 2.01. The number of hydrogen-bond acceptors (Lipinski definition) is 4. The van der Waals surface area contributed by atoms with E-state index in [1.54, 1.807) is 18.2 Å². The highest BCUT2D eigenvalue weighted by Gasteiger charge is 2.15. The molecule has 1 aromatic carbocycles. The predicted octanol–water partition coefficient (Wildman–Crippen LogP) is 1.26. The predicted molar refractivity (Wildman–Crippen MR) is 71.6 cm³/mol. The van der Waals surface area contributed by atoms with Crippen molar-refractivity contribution in [3.8, 4) is 0 Å². The van der Waals surface area contributed by atoms with Crippen LogP contribution in [-0.2, 0) is 0 Å². The zero-order valence-corrected chi connectivity index (χ0v) is 9.91. The Labute approximate surface area is 106 Å². The van der Waals surface area contributed by atoms with Gasteiger partial charge < -0.3 is 4.90 Å². The Hall–Kier alpha value is -2.43. The fourth-order valence-electron chi connectivity index (χ4n) is 1.55. The molecule has 1 aromatic rings. The summed E-state index contributed by atoms with van der Waals surface area (Å²) in [5.74, 6) is 0.317. The molecule has 92 valence electrons. The van der Waals surface area contributed by atoms with Crippen LogP contribution in [0.5, 0.6) is 0 Å². The summed E-state index contributed by atoms with van der Waals surface area (Å²) in [6, 6.07) is 9.02. The minimum Gasteiger partial charge on any atom is -0.319 e.